The fourth-order valence-corrected chi connectivity index (χ4v) is 1.79. The number of hydrogen-bond acceptors (Lipinski definition) is 2. The highest BCUT2D eigenvalue weighted by molar-refractivity contribution is 7.71. The van der Waals surface area contributed by atoms with Crippen LogP contribution >= 0.6 is 12.2 Å². The predicted octanol–water partition coefficient (Wildman–Crippen LogP) is 3.09. The van der Waals surface area contributed by atoms with Gasteiger partial charge in [-0.25, -0.2) is 13.8 Å². The SMILES string of the molecule is CC(Cc1nc(=S)[nH][nH]1)c1ccc(F)c(F)c1. The summed E-state index contributed by atoms with van der Waals surface area (Å²) in [6, 6.07) is 3.92. The third-order valence-corrected chi connectivity index (χ3v) is 2.76. The zero-order valence-electron chi connectivity index (χ0n) is 9.13. The molecule has 1 heterocycles. The maximum atomic E-state index is 13.1. The number of hydrogen-bond donors (Lipinski definition) is 2. The van der Waals surface area contributed by atoms with Gasteiger partial charge in [-0.3, -0.25) is 10.2 Å². The van der Waals surface area contributed by atoms with E-state index in [1.165, 1.54) is 6.07 Å². The quantitative estimate of drug-likeness (QED) is 0.828. The molecule has 0 amide bonds. The first-order valence-corrected chi connectivity index (χ1v) is 5.55. The smallest absolute Gasteiger partial charge is 0.213 e. The summed E-state index contributed by atoms with van der Waals surface area (Å²) in [7, 11) is 0. The molecule has 3 nitrogen and oxygen atoms in total. The molecule has 0 aliphatic carbocycles. The van der Waals surface area contributed by atoms with Crippen molar-refractivity contribution in [3.63, 3.8) is 0 Å². The van der Waals surface area contributed by atoms with Gasteiger partial charge in [0.25, 0.3) is 0 Å². The lowest BCUT2D eigenvalue weighted by atomic mass is 9.97. The lowest BCUT2D eigenvalue weighted by Gasteiger charge is -2.10. The summed E-state index contributed by atoms with van der Waals surface area (Å²) >= 11 is 4.83. The van der Waals surface area contributed by atoms with Crippen LogP contribution in [0.5, 0.6) is 0 Å². The molecule has 6 heteroatoms. The highest BCUT2D eigenvalue weighted by atomic mass is 32.1. The van der Waals surface area contributed by atoms with Crippen molar-refractivity contribution in [1.82, 2.24) is 15.2 Å². The highest BCUT2D eigenvalue weighted by Gasteiger charge is 2.11. The summed E-state index contributed by atoms with van der Waals surface area (Å²) in [5, 5.41) is 5.51. The molecule has 2 aromatic rings. The topological polar surface area (TPSA) is 44.5 Å². The zero-order valence-corrected chi connectivity index (χ0v) is 9.94. The normalized spacial score (nSPS) is 12.6. The van der Waals surface area contributed by atoms with Gasteiger partial charge in [0.05, 0.1) is 0 Å². The maximum absolute atomic E-state index is 13.1. The molecule has 1 unspecified atom stereocenters. The van der Waals surface area contributed by atoms with Gasteiger partial charge >= 0.3 is 0 Å². The number of halogens is 2. The summed E-state index contributed by atoms with van der Waals surface area (Å²) in [5.74, 6) is -0.935. The zero-order chi connectivity index (χ0) is 12.4. The van der Waals surface area contributed by atoms with Crippen LogP contribution in [0.4, 0.5) is 8.78 Å². The van der Waals surface area contributed by atoms with Crippen LogP contribution in [0.15, 0.2) is 18.2 Å². The Kier molecular flexibility index (Phi) is 3.33. The number of aromatic amines is 2. The third kappa shape index (κ3) is 2.76. The Bertz CT molecular complexity index is 576. The van der Waals surface area contributed by atoms with Crippen molar-refractivity contribution in [1.29, 1.82) is 0 Å². The number of benzene rings is 1. The molecule has 0 fully saturated rings. The second kappa shape index (κ2) is 4.75. The molecule has 1 atom stereocenters. The van der Waals surface area contributed by atoms with Crippen LogP contribution in [0.3, 0.4) is 0 Å². The van der Waals surface area contributed by atoms with Gasteiger partial charge in [0, 0.05) is 6.42 Å². The Balaban J connectivity index is 2.16. The maximum Gasteiger partial charge on any atom is 0.213 e. The van der Waals surface area contributed by atoms with Crippen molar-refractivity contribution >= 4 is 12.2 Å². The minimum absolute atomic E-state index is 0.0269. The summed E-state index contributed by atoms with van der Waals surface area (Å²) in [5.41, 5.74) is 0.728. The molecule has 1 aromatic carbocycles. The average molecular weight is 255 g/mol. The average Bonchev–Trinajstić information content (AvgIpc) is 2.68. The number of aromatic nitrogens is 3. The number of rotatable bonds is 3. The first-order valence-electron chi connectivity index (χ1n) is 5.15. The van der Waals surface area contributed by atoms with E-state index in [1.807, 2.05) is 6.92 Å². The Morgan fingerprint density at radius 3 is 2.65 bits per heavy atom. The highest BCUT2D eigenvalue weighted by Crippen LogP contribution is 2.20. The van der Waals surface area contributed by atoms with Gasteiger partial charge in [-0.1, -0.05) is 13.0 Å². The van der Waals surface area contributed by atoms with Gasteiger partial charge in [0.15, 0.2) is 11.6 Å². The van der Waals surface area contributed by atoms with Crippen LogP contribution < -0.4 is 0 Å². The fraction of sp³-hybridized carbons (Fsp3) is 0.273. The van der Waals surface area contributed by atoms with Crippen LogP contribution in [0.2, 0.25) is 0 Å². The molecule has 0 saturated heterocycles. The molecule has 90 valence electrons. The molecule has 2 rings (SSSR count). The lowest BCUT2D eigenvalue weighted by Crippen LogP contribution is -2.01. The molecule has 0 saturated carbocycles. The second-order valence-corrected chi connectivity index (χ2v) is 4.28. The van der Waals surface area contributed by atoms with E-state index in [2.05, 4.69) is 15.2 Å². The van der Waals surface area contributed by atoms with Crippen LogP contribution in [0, 0.1) is 16.4 Å². The van der Waals surface area contributed by atoms with Gasteiger partial charge in [0.1, 0.15) is 5.82 Å². The molecule has 0 spiro atoms. The molecule has 0 aliphatic rings. The number of nitrogens with zero attached hydrogens (tertiary/aromatic N) is 1. The summed E-state index contributed by atoms with van der Waals surface area (Å²) in [6.07, 6.45) is 0.582. The molecule has 0 radical (unpaired) electrons. The monoisotopic (exact) mass is 255 g/mol. The summed E-state index contributed by atoms with van der Waals surface area (Å²) in [4.78, 5) is 4.05. The fourth-order valence-electron chi connectivity index (χ4n) is 1.63. The number of H-pyrrole nitrogens is 2. The minimum Gasteiger partial charge on any atom is -0.286 e. The summed E-state index contributed by atoms with van der Waals surface area (Å²) < 4.78 is 26.2. The van der Waals surface area contributed by atoms with Gasteiger partial charge < -0.3 is 0 Å². The van der Waals surface area contributed by atoms with Crippen molar-refractivity contribution in [2.24, 2.45) is 0 Å². The van der Waals surface area contributed by atoms with Crippen molar-refractivity contribution < 1.29 is 8.78 Å². The molecular formula is C11H11F2N3S. The lowest BCUT2D eigenvalue weighted by molar-refractivity contribution is 0.505. The van der Waals surface area contributed by atoms with E-state index in [-0.39, 0.29) is 5.92 Å². The third-order valence-electron chi connectivity index (χ3n) is 2.56. The largest absolute Gasteiger partial charge is 0.286 e. The van der Waals surface area contributed by atoms with Crippen molar-refractivity contribution in [3.8, 4) is 0 Å². The molecule has 2 N–H and O–H groups in total. The molecule has 17 heavy (non-hydrogen) atoms. The van der Waals surface area contributed by atoms with E-state index >= 15 is 0 Å². The van der Waals surface area contributed by atoms with Crippen LogP contribution in [0.25, 0.3) is 0 Å². The van der Waals surface area contributed by atoms with E-state index in [1.54, 1.807) is 6.07 Å². The summed E-state index contributed by atoms with van der Waals surface area (Å²) in [6.45, 7) is 1.91. The first-order chi connectivity index (χ1) is 8.06. The molecular weight excluding hydrogens is 244 g/mol. The van der Waals surface area contributed by atoms with E-state index in [0.29, 0.717) is 17.0 Å². The van der Waals surface area contributed by atoms with Crippen molar-refractivity contribution in [2.45, 2.75) is 19.3 Å². The van der Waals surface area contributed by atoms with Crippen molar-refractivity contribution in [2.75, 3.05) is 0 Å². The first kappa shape index (κ1) is 11.9. The molecule has 1 aromatic heterocycles. The number of nitrogens with one attached hydrogen (secondary N) is 2. The van der Waals surface area contributed by atoms with Crippen molar-refractivity contribution in [3.05, 3.63) is 46.0 Å². The standard InChI is InChI=1S/C11H11F2N3S/c1-6(4-10-14-11(17)16-15-10)7-2-3-8(12)9(13)5-7/h2-3,5-6H,4H2,1H3,(H2,14,15,16,17). The van der Waals surface area contributed by atoms with E-state index in [0.717, 1.165) is 11.6 Å². The second-order valence-electron chi connectivity index (χ2n) is 3.89. The molecule has 0 aliphatic heterocycles. The van der Waals surface area contributed by atoms with E-state index in [9.17, 15) is 8.78 Å². The Morgan fingerprint density at radius 2 is 2.06 bits per heavy atom. The van der Waals surface area contributed by atoms with Crippen LogP contribution in [0.1, 0.15) is 24.2 Å². The van der Waals surface area contributed by atoms with Gasteiger partial charge in [-0.2, -0.15) is 0 Å². The van der Waals surface area contributed by atoms with E-state index < -0.39 is 11.6 Å². The van der Waals surface area contributed by atoms with Crippen LogP contribution in [-0.2, 0) is 6.42 Å². The van der Waals surface area contributed by atoms with Gasteiger partial charge in [-0.15, -0.1) is 0 Å². The van der Waals surface area contributed by atoms with Crippen LogP contribution in [-0.4, -0.2) is 15.2 Å². The van der Waals surface area contributed by atoms with Gasteiger partial charge in [-0.05, 0) is 35.8 Å². The Labute approximate surface area is 102 Å². The Hall–Kier alpha value is -1.56. The predicted molar refractivity (Wildman–Crippen MR) is 62.2 cm³/mol. The van der Waals surface area contributed by atoms with Gasteiger partial charge in [0.2, 0.25) is 4.77 Å². The molecule has 0 bridgehead atoms. The minimum atomic E-state index is -0.833. The van der Waals surface area contributed by atoms with E-state index in [4.69, 9.17) is 12.2 Å². The Morgan fingerprint density at radius 1 is 1.29 bits per heavy atom.